The molecule has 0 atom stereocenters. The van der Waals surface area contributed by atoms with Gasteiger partial charge in [0.1, 0.15) is 0 Å². The van der Waals surface area contributed by atoms with Gasteiger partial charge in [0.2, 0.25) is 0 Å². The predicted octanol–water partition coefficient (Wildman–Crippen LogP) is 0.342. The van der Waals surface area contributed by atoms with Crippen molar-refractivity contribution in [3.8, 4) is 0 Å². The second kappa shape index (κ2) is 7.34. The molecule has 11 heavy (non-hydrogen) atoms. The van der Waals surface area contributed by atoms with Crippen molar-refractivity contribution in [2.24, 2.45) is 0 Å². The van der Waals surface area contributed by atoms with E-state index < -0.39 is 0 Å². The summed E-state index contributed by atoms with van der Waals surface area (Å²) in [5.41, 5.74) is 0. The summed E-state index contributed by atoms with van der Waals surface area (Å²) in [6.07, 6.45) is 0.862. The topological polar surface area (TPSA) is 50.4 Å². The highest BCUT2D eigenvalue weighted by Crippen LogP contribution is 1.79. The summed E-state index contributed by atoms with van der Waals surface area (Å²) < 4.78 is 5.08. The van der Waals surface area contributed by atoms with Crippen molar-refractivity contribution in [1.29, 1.82) is 0 Å². The first kappa shape index (κ1) is 10.2. The molecule has 0 aromatic rings. The van der Waals surface area contributed by atoms with E-state index in [1.807, 2.05) is 6.92 Å². The maximum absolute atomic E-state index is 10.6. The van der Waals surface area contributed by atoms with E-state index in [1.165, 1.54) is 0 Å². The number of hydrogen-bond donors (Lipinski definition) is 2. The number of carbonyl (C=O) groups excluding carboxylic acids is 1. The third-order valence-electron chi connectivity index (χ3n) is 1.18. The molecule has 0 saturated heterocycles. The molecule has 0 fully saturated rings. The maximum atomic E-state index is 10.6. The van der Waals surface area contributed by atoms with Gasteiger partial charge in [0.25, 0.3) is 0 Å². The van der Waals surface area contributed by atoms with E-state index >= 15 is 0 Å². The van der Waals surface area contributed by atoms with Gasteiger partial charge >= 0.3 is 6.03 Å². The number of ether oxygens (including phenoxy) is 1. The first-order chi connectivity index (χ1) is 5.31. The third-order valence-corrected chi connectivity index (χ3v) is 1.18. The molecular formula is C7H16N2O2. The van der Waals surface area contributed by atoms with E-state index in [-0.39, 0.29) is 6.03 Å². The Labute approximate surface area is 67.3 Å². The average molecular weight is 160 g/mol. The van der Waals surface area contributed by atoms with Crippen LogP contribution in [0.5, 0.6) is 0 Å². The zero-order chi connectivity index (χ0) is 8.53. The standard InChI is InChI=1S/C7H16N2O2/c1-3-11-6-4-5-9-7(10)8-2/h3-6H2,1-2H3,(H2,8,9,10). The zero-order valence-electron chi connectivity index (χ0n) is 7.14. The van der Waals surface area contributed by atoms with Gasteiger partial charge in [-0.25, -0.2) is 4.79 Å². The van der Waals surface area contributed by atoms with Crippen LogP contribution in [-0.4, -0.2) is 32.8 Å². The number of urea groups is 1. The molecule has 0 heterocycles. The van der Waals surface area contributed by atoms with Crippen molar-refractivity contribution in [1.82, 2.24) is 10.6 Å². The molecule has 0 unspecified atom stereocenters. The molecule has 0 aromatic heterocycles. The van der Waals surface area contributed by atoms with Gasteiger partial charge in [0.15, 0.2) is 0 Å². The second-order valence-electron chi connectivity index (χ2n) is 2.06. The molecule has 4 nitrogen and oxygen atoms in total. The summed E-state index contributed by atoms with van der Waals surface area (Å²) in [5.74, 6) is 0. The van der Waals surface area contributed by atoms with Crippen molar-refractivity contribution < 1.29 is 9.53 Å². The van der Waals surface area contributed by atoms with Crippen LogP contribution in [-0.2, 0) is 4.74 Å². The van der Waals surface area contributed by atoms with Crippen molar-refractivity contribution in [2.45, 2.75) is 13.3 Å². The van der Waals surface area contributed by atoms with Crippen LogP contribution in [0.4, 0.5) is 4.79 Å². The van der Waals surface area contributed by atoms with Crippen molar-refractivity contribution in [3.05, 3.63) is 0 Å². The number of nitrogens with one attached hydrogen (secondary N) is 2. The highest BCUT2D eigenvalue weighted by atomic mass is 16.5. The summed E-state index contributed by atoms with van der Waals surface area (Å²) >= 11 is 0. The van der Waals surface area contributed by atoms with Crippen LogP contribution >= 0.6 is 0 Å². The fraction of sp³-hybridized carbons (Fsp3) is 0.857. The fourth-order valence-electron chi connectivity index (χ4n) is 0.609. The minimum absolute atomic E-state index is 0.138. The largest absolute Gasteiger partial charge is 0.382 e. The molecule has 0 spiro atoms. The molecular weight excluding hydrogens is 144 g/mol. The van der Waals surface area contributed by atoms with Crippen molar-refractivity contribution in [3.63, 3.8) is 0 Å². The van der Waals surface area contributed by atoms with Gasteiger partial charge in [-0.2, -0.15) is 0 Å². The summed E-state index contributed by atoms with van der Waals surface area (Å²) in [5, 5.41) is 5.13. The van der Waals surface area contributed by atoms with E-state index in [2.05, 4.69) is 10.6 Å². The lowest BCUT2D eigenvalue weighted by atomic mass is 10.4. The Morgan fingerprint density at radius 2 is 2.27 bits per heavy atom. The molecule has 0 bridgehead atoms. The third kappa shape index (κ3) is 7.12. The van der Waals surface area contributed by atoms with Gasteiger partial charge in [-0.1, -0.05) is 0 Å². The van der Waals surface area contributed by atoms with E-state index in [4.69, 9.17) is 4.74 Å². The van der Waals surface area contributed by atoms with Gasteiger partial charge in [-0.3, -0.25) is 0 Å². The van der Waals surface area contributed by atoms with Crippen LogP contribution in [0.2, 0.25) is 0 Å². The fourth-order valence-corrected chi connectivity index (χ4v) is 0.609. The molecule has 0 rings (SSSR count). The molecule has 0 saturated carbocycles. The van der Waals surface area contributed by atoms with E-state index in [1.54, 1.807) is 7.05 Å². The smallest absolute Gasteiger partial charge is 0.314 e. The monoisotopic (exact) mass is 160 g/mol. The van der Waals surface area contributed by atoms with Crippen LogP contribution < -0.4 is 10.6 Å². The molecule has 0 radical (unpaired) electrons. The summed E-state index contributed by atoms with van der Waals surface area (Å²) in [4.78, 5) is 10.6. The first-order valence-corrected chi connectivity index (χ1v) is 3.84. The molecule has 0 aromatic carbocycles. The molecule has 66 valence electrons. The Balaban J connectivity index is 2.95. The van der Waals surface area contributed by atoms with Gasteiger partial charge in [-0.15, -0.1) is 0 Å². The van der Waals surface area contributed by atoms with Crippen LogP contribution in [0, 0.1) is 0 Å². The van der Waals surface area contributed by atoms with E-state index in [0.717, 1.165) is 13.0 Å². The average Bonchev–Trinajstić information content (AvgIpc) is 2.04. The Morgan fingerprint density at radius 3 is 2.82 bits per heavy atom. The number of carbonyl (C=O) groups is 1. The lowest BCUT2D eigenvalue weighted by Gasteiger charge is -2.03. The van der Waals surface area contributed by atoms with Crippen LogP contribution in [0.15, 0.2) is 0 Å². The lowest BCUT2D eigenvalue weighted by molar-refractivity contribution is 0.145. The van der Waals surface area contributed by atoms with E-state index in [0.29, 0.717) is 13.2 Å². The van der Waals surface area contributed by atoms with Crippen molar-refractivity contribution in [2.75, 3.05) is 26.8 Å². The van der Waals surface area contributed by atoms with Crippen LogP contribution in [0.1, 0.15) is 13.3 Å². The molecule has 0 aliphatic heterocycles. The Morgan fingerprint density at radius 1 is 1.55 bits per heavy atom. The normalized spacial score (nSPS) is 9.27. The molecule has 4 heteroatoms. The highest BCUT2D eigenvalue weighted by molar-refractivity contribution is 5.73. The minimum Gasteiger partial charge on any atom is -0.382 e. The number of rotatable bonds is 5. The lowest BCUT2D eigenvalue weighted by Crippen LogP contribution is -2.33. The SMILES string of the molecule is CCOCCCNC(=O)NC. The Hall–Kier alpha value is -0.770. The highest BCUT2D eigenvalue weighted by Gasteiger charge is 1.92. The van der Waals surface area contributed by atoms with Gasteiger partial charge in [0.05, 0.1) is 0 Å². The van der Waals surface area contributed by atoms with Crippen molar-refractivity contribution >= 4 is 6.03 Å². The summed E-state index contributed by atoms with van der Waals surface area (Å²) in [6, 6.07) is -0.138. The van der Waals surface area contributed by atoms with E-state index in [9.17, 15) is 4.79 Å². The van der Waals surface area contributed by atoms with Gasteiger partial charge in [0, 0.05) is 26.8 Å². The molecule has 0 aliphatic carbocycles. The van der Waals surface area contributed by atoms with Gasteiger partial charge < -0.3 is 15.4 Å². The van der Waals surface area contributed by atoms with Gasteiger partial charge in [-0.05, 0) is 13.3 Å². The zero-order valence-corrected chi connectivity index (χ0v) is 7.14. The summed E-state index contributed by atoms with van der Waals surface area (Å²) in [7, 11) is 1.60. The first-order valence-electron chi connectivity index (χ1n) is 3.84. The second-order valence-corrected chi connectivity index (χ2v) is 2.06. The Bertz CT molecular complexity index is 107. The number of amides is 2. The predicted molar refractivity (Wildman–Crippen MR) is 43.6 cm³/mol. The maximum Gasteiger partial charge on any atom is 0.314 e. The quantitative estimate of drug-likeness (QED) is 0.570. The van der Waals surface area contributed by atoms with Crippen LogP contribution in [0.25, 0.3) is 0 Å². The molecule has 2 N–H and O–H groups in total. The van der Waals surface area contributed by atoms with Crippen LogP contribution in [0.3, 0.4) is 0 Å². The Kier molecular flexibility index (Phi) is 6.82. The minimum atomic E-state index is -0.138. The molecule has 0 aliphatic rings. The number of hydrogen-bond acceptors (Lipinski definition) is 2. The molecule has 2 amide bonds. The summed E-state index contributed by atoms with van der Waals surface area (Å²) in [6.45, 7) is 4.06.